The molecule has 0 aromatic rings. The summed E-state index contributed by atoms with van der Waals surface area (Å²) in [4.78, 5) is 14.6. The molecule has 0 bridgehead atoms. The molecule has 0 radical (unpaired) electrons. The van der Waals surface area contributed by atoms with E-state index in [-0.39, 0.29) is 12.0 Å². The van der Waals surface area contributed by atoms with Crippen molar-refractivity contribution in [2.24, 2.45) is 5.41 Å². The molecule has 0 amide bonds. The highest BCUT2D eigenvalue weighted by molar-refractivity contribution is 5.79. The van der Waals surface area contributed by atoms with Crippen molar-refractivity contribution < 1.29 is 9.53 Å². The third-order valence-corrected chi connectivity index (χ3v) is 5.46. The minimum absolute atomic E-state index is 0.0451. The fraction of sp³-hybridized carbons (Fsp3) is 0.812. The molecule has 0 unspecified atom stereocenters. The Kier molecular flexibility index (Phi) is 3.42. The van der Waals surface area contributed by atoms with Crippen LogP contribution in [-0.2, 0) is 9.53 Å². The van der Waals surface area contributed by atoms with Crippen LogP contribution in [0.2, 0.25) is 0 Å². The molecule has 2 aliphatic heterocycles. The Morgan fingerprint density at radius 2 is 2.21 bits per heavy atom. The van der Waals surface area contributed by atoms with Crippen LogP contribution in [0.5, 0.6) is 0 Å². The van der Waals surface area contributed by atoms with Crippen molar-refractivity contribution in [2.45, 2.75) is 64.5 Å². The second kappa shape index (κ2) is 4.93. The first-order chi connectivity index (χ1) is 9.22. The van der Waals surface area contributed by atoms with E-state index in [1.807, 2.05) is 6.92 Å². The van der Waals surface area contributed by atoms with Crippen molar-refractivity contribution >= 4 is 5.97 Å². The van der Waals surface area contributed by atoms with E-state index >= 15 is 0 Å². The van der Waals surface area contributed by atoms with Crippen molar-refractivity contribution in [3.63, 3.8) is 0 Å². The minimum atomic E-state index is -0.107. The number of nitrogens with zero attached hydrogens (tertiary/aromatic N) is 1. The summed E-state index contributed by atoms with van der Waals surface area (Å²) >= 11 is 0. The Labute approximate surface area is 116 Å². The third-order valence-electron chi connectivity index (χ3n) is 5.46. The molecule has 3 atom stereocenters. The van der Waals surface area contributed by atoms with Gasteiger partial charge in [0.15, 0.2) is 0 Å². The first-order valence-electron chi connectivity index (χ1n) is 7.85. The Morgan fingerprint density at radius 1 is 1.42 bits per heavy atom. The number of esters is 1. The van der Waals surface area contributed by atoms with Gasteiger partial charge in [0, 0.05) is 6.04 Å². The zero-order valence-electron chi connectivity index (χ0n) is 12.2. The summed E-state index contributed by atoms with van der Waals surface area (Å²) in [5.41, 5.74) is 1.95. The lowest BCUT2D eigenvalue weighted by atomic mass is 9.63. The minimum Gasteiger partial charge on any atom is -0.465 e. The average molecular weight is 263 g/mol. The monoisotopic (exact) mass is 263 g/mol. The van der Waals surface area contributed by atoms with E-state index in [1.165, 1.54) is 44.1 Å². The van der Waals surface area contributed by atoms with Crippen molar-refractivity contribution in [1.29, 1.82) is 0 Å². The Bertz CT molecular complexity index is 400. The van der Waals surface area contributed by atoms with Gasteiger partial charge in [-0.25, -0.2) is 0 Å². The van der Waals surface area contributed by atoms with E-state index in [0.29, 0.717) is 18.1 Å². The second-order valence-corrected chi connectivity index (χ2v) is 6.25. The van der Waals surface area contributed by atoms with E-state index in [2.05, 4.69) is 17.9 Å². The molecule has 0 spiro atoms. The summed E-state index contributed by atoms with van der Waals surface area (Å²) in [5, 5.41) is 0. The maximum Gasteiger partial charge on any atom is 0.327 e. The zero-order valence-corrected chi connectivity index (χ0v) is 12.2. The van der Waals surface area contributed by atoms with Crippen LogP contribution >= 0.6 is 0 Å². The summed E-state index contributed by atoms with van der Waals surface area (Å²) in [6.45, 7) is 5.75. The summed E-state index contributed by atoms with van der Waals surface area (Å²) in [6, 6.07) is 0.415. The van der Waals surface area contributed by atoms with Crippen LogP contribution in [0.15, 0.2) is 11.6 Å². The van der Waals surface area contributed by atoms with Gasteiger partial charge in [-0.15, -0.1) is 0 Å². The third kappa shape index (κ3) is 1.94. The number of ether oxygens (including phenoxy) is 1. The molecule has 1 saturated heterocycles. The van der Waals surface area contributed by atoms with Gasteiger partial charge in [0.2, 0.25) is 0 Å². The molecule has 1 aliphatic carbocycles. The molecule has 3 nitrogen and oxygen atoms in total. The number of hydrogen-bond donors (Lipinski definition) is 0. The highest BCUT2D eigenvalue weighted by atomic mass is 16.5. The number of carbonyl (C=O) groups is 1. The summed E-state index contributed by atoms with van der Waals surface area (Å²) in [7, 11) is 0. The Balaban J connectivity index is 1.90. The van der Waals surface area contributed by atoms with Crippen LogP contribution in [0.3, 0.4) is 0 Å². The van der Waals surface area contributed by atoms with Gasteiger partial charge in [-0.2, -0.15) is 0 Å². The molecular weight excluding hydrogens is 238 g/mol. The van der Waals surface area contributed by atoms with E-state index in [4.69, 9.17) is 4.74 Å². The lowest BCUT2D eigenvalue weighted by Crippen LogP contribution is -2.55. The van der Waals surface area contributed by atoms with E-state index < -0.39 is 0 Å². The molecule has 3 aliphatic rings. The van der Waals surface area contributed by atoms with Crippen molar-refractivity contribution in [3.05, 3.63) is 11.6 Å². The number of carbonyl (C=O) groups excluding carboxylic acids is 1. The molecule has 1 saturated carbocycles. The molecule has 106 valence electrons. The average Bonchev–Trinajstić information content (AvgIpc) is 2.81. The highest BCUT2D eigenvalue weighted by Crippen LogP contribution is 2.53. The van der Waals surface area contributed by atoms with Gasteiger partial charge >= 0.3 is 5.97 Å². The standard InChI is InChI=1S/C16H25NO2/c1-3-16-8-5-7-12-11-13(15(18)19-4-2)17(14(12)16)10-6-9-16/h11,13-14H,3-10H2,1-2H3/t13-,14-,16-/m0/s1. The van der Waals surface area contributed by atoms with Gasteiger partial charge in [-0.05, 0) is 57.4 Å². The predicted molar refractivity (Wildman–Crippen MR) is 74.8 cm³/mol. The van der Waals surface area contributed by atoms with Crippen molar-refractivity contribution in [3.8, 4) is 0 Å². The molecule has 19 heavy (non-hydrogen) atoms. The van der Waals surface area contributed by atoms with Gasteiger partial charge < -0.3 is 4.74 Å². The fourth-order valence-corrected chi connectivity index (χ4v) is 4.63. The molecule has 2 fully saturated rings. The van der Waals surface area contributed by atoms with Crippen LogP contribution in [-0.4, -0.2) is 36.1 Å². The topological polar surface area (TPSA) is 29.5 Å². The molecule has 3 heteroatoms. The molecule has 0 N–H and O–H groups in total. The number of hydrogen-bond acceptors (Lipinski definition) is 3. The van der Waals surface area contributed by atoms with Gasteiger partial charge in [0.05, 0.1) is 6.61 Å². The lowest BCUT2D eigenvalue weighted by Gasteiger charge is -2.51. The number of rotatable bonds is 3. The Hall–Kier alpha value is -0.830. The van der Waals surface area contributed by atoms with Crippen LogP contribution in [0, 0.1) is 5.41 Å². The molecule has 0 aromatic carbocycles. The van der Waals surface area contributed by atoms with Gasteiger partial charge in [0.25, 0.3) is 0 Å². The highest BCUT2D eigenvalue weighted by Gasteiger charge is 2.52. The van der Waals surface area contributed by atoms with Gasteiger partial charge in [-0.1, -0.05) is 18.6 Å². The smallest absolute Gasteiger partial charge is 0.327 e. The van der Waals surface area contributed by atoms with E-state index in [1.54, 1.807) is 0 Å². The molecule has 3 rings (SSSR count). The SMILES string of the molecule is CCOC(=O)[C@@H]1C=C2CCC[C@@]3(CC)CCCN1[C@@H]23. The predicted octanol–water partition coefficient (Wildman–Crippen LogP) is 2.90. The van der Waals surface area contributed by atoms with E-state index in [0.717, 1.165) is 6.54 Å². The maximum atomic E-state index is 12.2. The lowest BCUT2D eigenvalue weighted by molar-refractivity contribution is -0.149. The van der Waals surface area contributed by atoms with Crippen molar-refractivity contribution in [2.75, 3.05) is 13.2 Å². The van der Waals surface area contributed by atoms with Gasteiger partial charge in [-0.3, -0.25) is 9.69 Å². The van der Waals surface area contributed by atoms with E-state index in [9.17, 15) is 4.79 Å². The van der Waals surface area contributed by atoms with Crippen LogP contribution < -0.4 is 0 Å². The first kappa shape index (κ1) is 13.2. The summed E-state index contributed by atoms with van der Waals surface area (Å²) in [6.07, 6.45) is 9.81. The molecule has 2 heterocycles. The fourth-order valence-electron chi connectivity index (χ4n) is 4.63. The molecular formula is C16H25NO2. The maximum absolute atomic E-state index is 12.2. The van der Waals surface area contributed by atoms with Crippen LogP contribution in [0.1, 0.15) is 52.4 Å². The first-order valence-corrected chi connectivity index (χ1v) is 7.85. The summed E-state index contributed by atoms with van der Waals surface area (Å²) in [5.74, 6) is -0.0451. The zero-order chi connectivity index (χ0) is 13.5. The van der Waals surface area contributed by atoms with Gasteiger partial charge in [0.1, 0.15) is 6.04 Å². The number of piperidine rings is 1. The van der Waals surface area contributed by atoms with Crippen LogP contribution in [0.4, 0.5) is 0 Å². The quantitative estimate of drug-likeness (QED) is 0.579. The largest absolute Gasteiger partial charge is 0.465 e. The normalized spacial score (nSPS) is 37.7. The van der Waals surface area contributed by atoms with Crippen molar-refractivity contribution in [1.82, 2.24) is 4.90 Å². The van der Waals surface area contributed by atoms with Crippen LogP contribution in [0.25, 0.3) is 0 Å². The Morgan fingerprint density at radius 3 is 2.95 bits per heavy atom. The summed E-state index contributed by atoms with van der Waals surface area (Å²) < 4.78 is 5.26. The second-order valence-electron chi connectivity index (χ2n) is 6.25. The molecule has 0 aromatic heterocycles.